The van der Waals surface area contributed by atoms with E-state index in [0.717, 1.165) is 28.1 Å². The first-order chi connectivity index (χ1) is 14.5. The summed E-state index contributed by atoms with van der Waals surface area (Å²) in [6.45, 7) is 0. The van der Waals surface area contributed by atoms with E-state index in [1.807, 2.05) is 55.6 Å². The number of benzene rings is 3. The number of hydrogen-bond donors (Lipinski definition) is 2. The third kappa shape index (κ3) is 2.86. The molecular weight excluding hydrogens is 374 g/mol. The third-order valence-corrected chi connectivity index (χ3v) is 6.19. The second kappa shape index (κ2) is 7.02. The number of rotatable bonds is 3. The fourth-order valence-corrected chi connectivity index (χ4v) is 4.72. The molecule has 30 heavy (non-hydrogen) atoms. The highest BCUT2D eigenvalue weighted by atomic mass is 16.2. The van der Waals surface area contributed by atoms with E-state index in [1.54, 1.807) is 0 Å². The lowest BCUT2D eigenvalue weighted by molar-refractivity contribution is -0.119. The predicted octanol–water partition coefficient (Wildman–Crippen LogP) is 3.99. The minimum absolute atomic E-state index is 0.0223. The SMILES string of the molecule is CN1c2ccccc2C(c2ccc(N)cc2)c2c(C(=O)[C@@H]3CCC(=O)N3)cccc21. The monoisotopic (exact) mass is 397 g/mol. The van der Waals surface area contributed by atoms with Crippen molar-refractivity contribution >= 4 is 28.8 Å². The number of para-hydroxylation sites is 1. The maximum Gasteiger partial charge on any atom is 0.220 e. The van der Waals surface area contributed by atoms with Crippen molar-refractivity contribution in [1.82, 2.24) is 5.32 Å². The Hall–Kier alpha value is -3.60. The molecule has 2 atom stereocenters. The van der Waals surface area contributed by atoms with E-state index in [0.29, 0.717) is 24.1 Å². The maximum absolute atomic E-state index is 13.5. The van der Waals surface area contributed by atoms with Crippen LogP contribution in [0.1, 0.15) is 45.8 Å². The molecule has 2 heterocycles. The van der Waals surface area contributed by atoms with Crippen molar-refractivity contribution in [2.24, 2.45) is 0 Å². The van der Waals surface area contributed by atoms with Gasteiger partial charge >= 0.3 is 0 Å². The van der Waals surface area contributed by atoms with Crippen molar-refractivity contribution in [2.45, 2.75) is 24.8 Å². The lowest BCUT2D eigenvalue weighted by Crippen LogP contribution is -2.34. The summed E-state index contributed by atoms with van der Waals surface area (Å²) in [5, 5.41) is 2.83. The van der Waals surface area contributed by atoms with Crippen LogP contribution in [-0.4, -0.2) is 24.8 Å². The molecule has 2 aliphatic heterocycles. The average molecular weight is 397 g/mol. The van der Waals surface area contributed by atoms with E-state index in [9.17, 15) is 9.59 Å². The van der Waals surface area contributed by atoms with E-state index in [4.69, 9.17) is 5.73 Å². The molecule has 5 nitrogen and oxygen atoms in total. The van der Waals surface area contributed by atoms with Gasteiger partial charge in [-0.3, -0.25) is 9.59 Å². The Morgan fingerprint density at radius 3 is 2.47 bits per heavy atom. The van der Waals surface area contributed by atoms with Gasteiger partial charge in [0, 0.05) is 42.0 Å². The first kappa shape index (κ1) is 18.4. The van der Waals surface area contributed by atoms with Gasteiger partial charge < -0.3 is 16.0 Å². The number of nitrogen functional groups attached to an aromatic ring is 1. The van der Waals surface area contributed by atoms with Crippen molar-refractivity contribution in [3.8, 4) is 0 Å². The van der Waals surface area contributed by atoms with Crippen LogP contribution in [0.5, 0.6) is 0 Å². The molecule has 0 bridgehead atoms. The second-order valence-electron chi connectivity index (χ2n) is 7.98. The number of ketones is 1. The van der Waals surface area contributed by atoms with E-state index in [1.165, 1.54) is 0 Å². The Balaban J connectivity index is 1.73. The Kier molecular flexibility index (Phi) is 4.31. The van der Waals surface area contributed by atoms with E-state index in [-0.39, 0.29) is 17.6 Å². The molecule has 1 saturated heterocycles. The summed E-state index contributed by atoms with van der Waals surface area (Å²) in [5.74, 6) is -0.174. The summed E-state index contributed by atoms with van der Waals surface area (Å²) in [6, 6.07) is 21.6. The molecular formula is C25H23N3O2. The van der Waals surface area contributed by atoms with Crippen molar-refractivity contribution < 1.29 is 9.59 Å². The van der Waals surface area contributed by atoms with E-state index >= 15 is 0 Å². The summed E-state index contributed by atoms with van der Waals surface area (Å²) in [4.78, 5) is 27.3. The van der Waals surface area contributed by atoms with Gasteiger partial charge in [0.25, 0.3) is 0 Å². The number of nitrogens with one attached hydrogen (secondary N) is 1. The number of hydrogen-bond acceptors (Lipinski definition) is 4. The van der Waals surface area contributed by atoms with E-state index in [2.05, 4.69) is 28.4 Å². The number of fused-ring (bicyclic) bond motifs is 2. The van der Waals surface area contributed by atoms with Crippen LogP contribution in [0.4, 0.5) is 17.1 Å². The van der Waals surface area contributed by atoms with Gasteiger partial charge in [-0.05, 0) is 47.4 Å². The standard InChI is InChI=1S/C25H23N3O2/c1-28-20-7-3-2-5-17(20)23(15-9-11-16(26)12-10-15)24-18(6-4-8-21(24)28)25(30)19-13-14-22(29)27-19/h2-12,19,23H,13-14,26H2,1H3,(H,27,29)/t19-,23?/m0/s1. The molecule has 1 amide bonds. The Morgan fingerprint density at radius 2 is 1.73 bits per heavy atom. The molecule has 0 aliphatic carbocycles. The first-order valence-electron chi connectivity index (χ1n) is 10.2. The zero-order valence-corrected chi connectivity index (χ0v) is 16.8. The van der Waals surface area contributed by atoms with Crippen LogP contribution in [0.3, 0.4) is 0 Å². The molecule has 0 aromatic heterocycles. The van der Waals surface area contributed by atoms with Crippen molar-refractivity contribution in [3.63, 3.8) is 0 Å². The molecule has 3 aromatic carbocycles. The van der Waals surface area contributed by atoms with Crippen LogP contribution in [0.25, 0.3) is 0 Å². The molecule has 0 saturated carbocycles. The summed E-state index contributed by atoms with van der Waals surface area (Å²) in [6.07, 6.45) is 0.940. The maximum atomic E-state index is 13.5. The zero-order valence-electron chi connectivity index (χ0n) is 16.8. The second-order valence-corrected chi connectivity index (χ2v) is 7.98. The fourth-order valence-electron chi connectivity index (χ4n) is 4.72. The van der Waals surface area contributed by atoms with Gasteiger partial charge in [0.1, 0.15) is 0 Å². The number of Topliss-reactive ketones (excluding diaryl/α,β-unsaturated/α-hetero) is 1. The molecule has 1 unspecified atom stereocenters. The zero-order chi connectivity index (χ0) is 20.8. The van der Waals surface area contributed by atoms with Crippen molar-refractivity contribution in [3.05, 3.63) is 89.0 Å². The highest BCUT2D eigenvalue weighted by molar-refractivity contribution is 6.06. The van der Waals surface area contributed by atoms with Gasteiger partial charge in [0.15, 0.2) is 5.78 Å². The normalized spacial score (nSPS) is 19.8. The smallest absolute Gasteiger partial charge is 0.220 e. The number of nitrogens with zero attached hydrogens (tertiary/aromatic N) is 1. The molecule has 150 valence electrons. The lowest BCUT2D eigenvalue weighted by Gasteiger charge is -2.37. The van der Waals surface area contributed by atoms with Crippen molar-refractivity contribution in [1.29, 1.82) is 0 Å². The molecule has 1 fully saturated rings. The van der Waals surface area contributed by atoms with Gasteiger partial charge in [-0.1, -0.05) is 42.5 Å². The van der Waals surface area contributed by atoms with Crippen molar-refractivity contribution in [2.75, 3.05) is 17.7 Å². The number of amides is 1. The van der Waals surface area contributed by atoms with Crippen LogP contribution in [-0.2, 0) is 4.79 Å². The molecule has 2 aliphatic rings. The highest BCUT2D eigenvalue weighted by Crippen LogP contribution is 2.49. The van der Waals surface area contributed by atoms with Gasteiger partial charge in [-0.2, -0.15) is 0 Å². The number of nitrogens with two attached hydrogens (primary N) is 1. The topological polar surface area (TPSA) is 75.4 Å². The molecule has 0 radical (unpaired) electrons. The Labute approximate surface area is 175 Å². The summed E-state index contributed by atoms with van der Waals surface area (Å²) < 4.78 is 0. The first-order valence-corrected chi connectivity index (χ1v) is 10.2. The minimum atomic E-state index is -0.460. The van der Waals surface area contributed by atoms with Crippen LogP contribution in [0.15, 0.2) is 66.7 Å². The van der Waals surface area contributed by atoms with Gasteiger partial charge in [-0.25, -0.2) is 0 Å². The highest BCUT2D eigenvalue weighted by Gasteiger charge is 2.36. The molecule has 3 aromatic rings. The average Bonchev–Trinajstić information content (AvgIpc) is 3.21. The molecule has 0 spiro atoms. The number of anilines is 3. The Morgan fingerprint density at radius 1 is 1.00 bits per heavy atom. The van der Waals surface area contributed by atoms with Crippen LogP contribution in [0.2, 0.25) is 0 Å². The number of carbonyl (C=O) groups is 2. The summed E-state index contributed by atoms with van der Waals surface area (Å²) in [5.41, 5.74) is 12.6. The molecule has 5 rings (SSSR count). The van der Waals surface area contributed by atoms with Gasteiger partial charge in [0.05, 0.1) is 6.04 Å². The minimum Gasteiger partial charge on any atom is -0.399 e. The van der Waals surface area contributed by atoms with E-state index < -0.39 is 6.04 Å². The largest absolute Gasteiger partial charge is 0.399 e. The summed E-state index contributed by atoms with van der Waals surface area (Å²) >= 11 is 0. The lowest BCUT2D eigenvalue weighted by atomic mass is 9.77. The third-order valence-electron chi connectivity index (χ3n) is 6.19. The summed E-state index contributed by atoms with van der Waals surface area (Å²) in [7, 11) is 2.03. The molecule has 5 heteroatoms. The van der Waals surface area contributed by atoms with Crippen LogP contribution < -0.4 is 16.0 Å². The predicted molar refractivity (Wildman–Crippen MR) is 118 cm³/mol. The fraction of sp³-hybridized carbons (Fsp3) is 0.200. The molecule has 3 N–H and O–H groups in total. The van der Waals surface area contributed by atoms with Gasteiger partial charge in [-0.15, -0.1) is 0 Å². The van der Waals surface area contributed by atoms with Crippen LogP contribution in [0, 0.1) is 0 Å². The Bertz CT molecular complexity index is 1150. The number of carbonyl (C=O) groups excluding carboxylic acids is 2. The quantitative estimate of drug-likeness (QED) is 0.518. The van der Waals surface area contributed by atoms with Gasteiger partial charge in [0.2, 0.25) is 5.91 Å². The van der Waals surface area contributed by atoms with Crippen LogP contribution >= 0.6 is 0 Å².